The third kappa shape index (κ3) is 6.59. The van der Waals surface area contributed by atoms with E-state index in [0.717, 1.165) is 11.4 Å². The van der Waals surface area contributed by atoms with E-state index in [-0.39, 0.29) is 11.8 Å². The largest absolute Gasteiger partial charge is 0.457 e. The molecule has 2 N–H and O–H groups in total. The molecule has 6 rings (SSSR count). The van der Waals surface area contributed by atoms with Crippen LogP contribution in [0, 0.1) is 0 Å². The minimum absolute atomic E-state index is 0.227. The fourth-order valence-corrected chi connectivity index (χ4v) is 4.82. The summed E-state index contributed by atoms with van der Waals surface area (Å²) in [7, 11) is 0. The fourth-order valence-electron chi connectivity index (χ4n) is 4.57. The maximum atomic E-state index is 12.9. The molecule has 2 heterocycles. The highest BCUT2D eigenvalue weighted by molar-refractivity contribution is 6.32. The zero-order valence-electron chi connectivity index (χ0n) is 24.2. The number of nitrogens with one attached hydrogen (secondary N) is 2. The Hall–Kier alpha value is -5.38. The van der Waals surface area contributed by atoms with Crippen molar-refractivity contribution in [3.05, 3.63) is 131 Å². The third-order valence-electron chi connectivity index (χ3n) is 6.98. The Balaban J connectivity index is 1.04. The van der Waals surface area contributed by atoms with Crippen molar-refractivity contribution in [3.8, 4) is 11.5 Å². The summed E-state index contributed by atoms with van der Waals surface area (Å²) < 4.78 is 5.99. The lowest BCUT2D eigenvalue weighted by molar-refractivity contribution is -0.115. The van der Waals surface area contributed by atoms with Crippen molar-refractivity contribution in [3.63, 3.8) is 0 Å². The summed E-state index contributed by atoms with van der Waals surface area (Å²) in [6.45, 7) is 3.58. The summed E-state index contributed by atoms with van der Waals surface area (Å²) in [5.74, 6) is 0.833. The Labute approximate surface area is 269 Å². The van der Waals surface area contributed by atoms with Gasteiger partial charge in [-0.25, -0.2) is 0 Å². The monoisotopic (exact) mass is 636 g/mol. The van der Waals surface area contributed by atoms with Crippen LogP contribution in [0.5, 0.6) is 11.5 Å². The van der Waals surface area contributed by atoms with Crippen LogP contribution in [0.2, 0.25) is 10.0 Å². The van der Waals surface area contributed by atoms with Crippen molar-refractivity contribution < 1.29 is 14.3 Å². The Morgan fingerprint density at radius 1 is 0.578 bits per heavy atom. The Morgan fingerprint density at radius 3 is 1.29 bits per heavy atom. The maximum Gasteiger partial charge on any atom is 0.282 e. The van der Waals surface area contributed by atoms with Crippen molar-refractivity contribution in [2.75, 3.05) is 20.7 Å². The van der Waals surface area contributed by atoms with Gasteiger partial charge in [0, 0.05) is 33.8 Å². The molecule has 0 aromatic heterocycles. The lowest BCUT2D eigenvalue weighted by atomic mass is 10.2. The van der Waals surface area contributed by atoms with Crippen LogP contribution >= 0.6 is 23.2 Å². The molecular weight excluding hydrogens is 611 g/mol. The minimum Gasteiger partial charge on any atom is -0.457 e. The van der Waals surface area contributed by atoms with Gasteiger partial charge in [0.05, 0.1) is 33.9 Å². The predicted molar refractivity (Wildman–Crippen MR) is 180 cm³/mol. The van der Waals surface area contributed by atoms with E-state index in [1.165, 1.54) is 10.0 Å². The van der Waals surface area contributed by atoms with Gasteiger partial charge in [0.15, 0.2) is 0 Å². The molecule has 2 amide bonds. The molecule has 0 saturated carbocycles. The second-order valence-electron chi connectivity index (χ2n) is 10.1. The van der Waals surface area contributed by atoms with Gasteiger partial charge in [0.25, 0.3) is 11.8 Å². The van der Waals surface area contributed by atoms with Gasteiger partial charge in [-0.2, -0.15) is 20.2 Å². The van der Waals surface area contributed by atoms with Gasteiger partial charge in [-0.05, 0) is 111 Å². The van der Waals surface area contributed by atoms with Crippen LogP contribution in [0.15, 0.2) is 131 Å². The first-order valence-electron chi connectivity index (χ1n) is 13.9. The topological polar surface area (TPSA) is 98.6 Å². The quantitative estimate of drug-likeness (QED) is 0.190. The first-order chi connectivity index (χ1) is 21.7. The van der Waals surface area contributed by atoms with Crippen molar-refractivity contribution in [2.24, 2.45) is 10.2 Å². The molecule has 2 aliphatic rings. The van der Waals surface area contributed by atoms with Gasteiger partial charge in [-0.3, -0.25) is 9.59 Å². The Bertz CT molecular complexity index is 1740. The average molecular weight is 638 g/mol. The van der Waals surface area contributed by atoms with Gasteiger partial charge in [0.2, 0.25) is 0 Å². The van der Waals surface area contributed by atoms with E-state index in [1.54, 1.807) is 74.8 Å². The lowest BCUT2D eigenvalue weighted by Gasteiger charge is -2.12. The Kier molecular flexibility index (Phi) is 8.37. The minimum atomic E-state index is -0.227. The molecule has 0 bridgehead atoms. The molecule has 0 spiro atoms. The number of hydrazone groups is 2. The molecule has 9 nitrogen and oxygen atoms in total. The van der Waals surface area contributed by atoms with Crippen LogP contribution < -0.4 is 25.4 Å². The van der Waals surface area contributed by atoms with E-state index >= 15 is 0 Å². The van der Waals surface area contributed by atoms with E-state index in [4.69, 9.17) is 27.9 Å². The Morgan fingerprint density at radius 2 is 0.933 bits per heavy atom. The molecule has 11 heteroatoms. The molecule has 0 unspecified atom stereocenters. The standard InChI is InChI=1S/C34H26Cl2N6O3/c1-21-31(33(43)41(39-21)27-11-3-23(35)4-12-27)19-37-25-7-15-29(16-8-25)45-30-17-9-26(10-18-30)38-20-32-22(2)40-42(34(32)44)28-13-5-24(36)6-14-28/h3-20,37-38H,1-2H3/b31-19+,32-20+. The second kappa shape index (κ2) is 12.7. The van der Waals surface area contributed by atoms with Crippen molar-refractivity contribution >= 4 is 69.2 Å². The normalized spacial score (nSPS) is 16.4. The van der Waals surface area contributed by atoms with E-state index in [2.05, 4.69) is 20.8 Å². The van der Waals surface area contributed by atoms with Crippen LogP contribution in [0.4, 0.5) is 22.7 Å². The summed E-state index contributed by atoms with van der Waals surface area (Å²) in [4.78, 5) is 25.9. The molecule has 0 saturated heterocycles. The molecule has 224 valence electrons. The van der Waals surface area contributed by atoms with Crippen LogP contribution in [-0.2, 0) is 9.59 Å². The van der Waals surface area contributed by atoms with Crippen molar-refractivity contribution in [2.45, 2.75) is 13.8 Å². The predicted octanol–water partition coefficient (Wildman–Crippen LogP) is 8.22. The number of hydrogen-bond acceptors (Lipinski definition) is 7. The first-order valence-corrected chi connectivity index (χ1v) is 14.6. The zero-order valence-corrected chi connectivity index (χ0v) is 25.7. The van der Waals surface area contributed by atoms with Gasteiger partial charge < -0.3 is 15.4 Å². The number of anilines is 4. The molecular formula is C34H26Cl2N6O3. The maximum absolute atomic E-state index is 12.9. The summed E-state index contributed by atoms with van der Waals surface area (Å²) in [6, 6.07) is 28.6. The fraction of sp³-hybridized carbons (Fsp3) is 0.0588. The number of amides is 2. The van der Waals surface area contributed by atoms with Crippen LogP contribution in [0.1, 0.15) is 13.8 Å². The summed E-state index contributed by atoms with van der Waals surface area (Å²) >= 11 is 11.9. The van der Waals surface area contributed by atoms with Gasteiger partial charge in [-0.1, -0.05) is 23.2 Å². The molecule has 4 aromatic carbocycles. The van der Waals surface area contributed by atoms with E-state index < -0.39 is 0 Å². The van der Waals surface area contributed by atoms with Crippen LogP contribution in [0.25, 0.3) is 0 Å². The lowest BCUT2D eigenvalue weighted by Crippen LogP contribution is -2.21. The van der Waals surface area contributed by atoms with Crippen LogP contribution in [-0.4, -0.2) is 23.2 Å². The van der Waals surface area contributed by atoms with Crippen molar-refractivity contribution in [1.82, 2.24) is 0 Å². The van der Waals surface area contributed by atoms with Gasteiger partial charge in [-0.15, -0.1) is 0 Å². The number of halogens is 2. The summed E-state index contributed by atoms with van der Waals surface area (Å²) in [5.41, 5.74) is 4.99. The first kappa shape index (κ1) is 29.7. The number of carbonyl (C=O) groups is 2. The van der Waals surface area contributed by atoms with Gasteiger partial charge in [0.1, 0.15) is 11.5 Å². The molecule has 45 heavy (non-hydrogen) atoms. The van der Waals surface area contributed by atoms with Crippen LogP contribution in [0.3, 0.4) is 0 Å². The highest BCUT2D eigenvalue weighted by Crippen LogP contribution is 2.28. The SMILES string of the molecule is CC1=NN(c2ccc(Cl)cc2)C(=O)/C1=C/Nc1ccc(Oc2ccc(N/C=C3/C(=O)N(c4ccc(Cl)cc4)N=C3C)cc2)cc1. The van der Waals surface area contributed by atoms with E-state index in [9.17, 15) is 9.59 Å². The highest BCUT2D eigenvalue weighted by atomic mass is 35.5. The summed E-state index contributed by atoms with van der Waals surface area (Å²) in [6.07, 6.45) is 3.30. The van der Waals surface area contributed by atoms with E-state index in [1.807, 2.05) is 48.5 Å². The third-order valence-corrected chi connectivity index (χ3v) is 7.48. The molecule has 0 atom stereocenters. The molecule has 0 fully saturated rings. The molecule has 2 aliphatic heterocycles. The number of hydrogen-bond donors (Lipinski definition) is 2. The molecule has 0 radical (unpaired) electrons. The summed E-state index contributed by atoms with van der Waals surface area (Å²) in [5, 5.41) is 19.0. The average Bonchev–Trinajstić information content (AvgIpc) is 3.49. The van der Waals surface area contributed by atoms with E-state index in [0.29, 0.717) is 55.5 Å². The second-order valence-corrected chi connectivity index (χ2v) is 11.0. The smallest absolute Gasteiger partial charge is 0.282 e. The number of carbonyl (C=O) groups excluding carboxylic acids is 2. The van der Waals surface area contributed by atoms with Crippen molar-refractivity contribution in [1.29, 1.82) is 0 Å². The number of nitrogens with zero attached hydrogens (tertiary/aromatic N) is 4. The number of rotatable bonds is 8. The zero-order chi connectivity index (χ0) is 31.5. The number of benzene rings is 4. The highest BCUT2D eigenvalue weighted by Gasteiger charge is 2.29. The number of ether oxygens (including phenoxy) is 1. The molecule has 4 aromatic rings. The molecule has 0 aliphatic carbocycles. The van der Waals surface area contributed by atoms with Gasteiger partial charge >= 0.3 is 0 Å².